The summed E-state index contributed by atoms with van der Waals surface area (Å²) in [5, 5.41) is 2.78. The molecule has 21 heavy (non-hydrogen) atoms. The van der Waals surface area contributed by atoms with Gasteiger partial charge in [-0.05, 0) is 23.8 Å². The second-order valence-corrected chi connectivity index (χ2v) is 4.76. The van der Waals surface area contributed by atoms with E-state index in [1.165, 1.54) is 0 Å². The van der Waals surface area contributed by atoms with Crippen LogP contribution in [0.3, 0.4) is 0 Å². The number of hydrogen-bond donors (Lipinski definition) is 2. The lowest BCUT2D eigenvalue weighted by molar-refractivity contribution is 0.0535. The van der Waals surface area contributed by atoms with Crippen LogP contribution >= 0.6 is 0 Å². The number of rotatable bonds is 3. The molecule has 2 aromatic carbocycles. The number of esters is 1. The first-order valence-electron chi connectivity index (χ1n) is 6.58. The summed E-state index contributed by atoms with van der Waals surface area (Å²) >= 11 is 0. The molecule has 0 fully saturated rings. The quantitative estimate of drug-likeness (QED) is 0.844. The maximum atomic E-state index is 12.3. The molecule has 0 saturated heterocycles. The van der Waals surface area contributed by atoms with Gasteiger partial charge in [-0.15, -0.1) is 0 Å². The molecule has 1 amide bonds. The van der Waals surface area contributed by atoms with E-state index in [2.05, 4.69) is 5.32 Å². The third-order valence-electron chi connectivity index (χ3n) is 3.43. The number of fused-ring (bicyclic) bond motifs is 1. The smallest absolute Gasteiger partial charge is 0.338 e. The summed E-state index contributed by atoms with van der Waals surface area (Å²) in [6.07, 6.45) is 0. The topological polar surface area (TPSA) is 81.4 Å². The molecule has 0 bridgehead atoms. The fourth-order valence-electron chi connectivity index (χ4n) is 2.31. The number of cyclic esters (lactones) is 1. The van der Waals surface area contributed by atoms with Crippen molar-refractivity contribution in [2.24, 2.45) is 5.73 Å². The summed E-state index contributed by atoms with van der Waals surface area (Å²) in [5.41, 5.74) is 8.83. The molecule has 5 heteroatoms. The number of benzene rings is 2. The minimum atomic E-state index is -0.358. The van der Waals surface area contributed by atoms with Gasteiger partial charge in [-0.1, -0.05) is 24.3 Å². The lowest BCUT2D eigenvalue weighted by Gasteiger charge is -2.09. The van der Waals surface area contributed by atoms with Crippen LogP contribution in [0, 0.1) is 0 Å². The average molecular weight is 282 g/mol. The van der Waals surface area contributed by atoms with E-state index >= 15 is 0 Å². The van der Waals surface area contributed by atoms with Gasteiger partial charge in [0.15, 0.2) is 0 Å². The molecule has 0 saturated carbocycles. The zero-order valence-electron chi connectivity index (χ0n) is 11.3. The number of carbonyl (C=O) groups excluding carboxylic acids is 2. The van der Waals surface area contributed by atoms with Crippen molar-refractivity contribution in [2.75, 3.05) is 5.32 Å². The van der Waals surface area contributed by atoms with Gasteiger partial charge in [-0.2, -0.15) is 0 Å². The lowest BCUT2D eigenvalue weighted by Crippen LogP contribution is -2.15. The number of anilines is 1. The van der Waals surface area contributed by atoms with E-state index in [0.29, 0.717) is 30.0 Å². The molecule has 0 aromatic heterocycles. The van der Waals surface area contributed by atoms with Gasteiger partial charge in [-0.3, -0.25) is 4.79 Å². The highest BCUT2D eigenvalue weighted by atomic mass is 16.5. The minimum Gasteiger partial charge on any atom is -0.457 e. The lowest BCUT2D eigenvalue weighted by atomic mass is 10.1. The molecule has 0 spiro atoms. The molecule has 1 heterocycles. The van der Waals surface area contributed by atoms with Gasteiger partial charge in [0, 0.05) is 23.4 Å². The van der Waals surface area contributed by atoms with Gasteiger partial charge >= 0.3 is 5.97 Å². The number of hydrogen-bond acceptors (Lipinski definition) is 4. The Morgan fingerprint density at radius 1 is 1.24 bits per heavy atom. The van der Waals surface area contributed by atoms with E-state index in [4.69, 9.17) is 10.5 Å². The highest BCUT2D eigenvalue weighted by Crippen LogP contribution is 2.23. The molecule has 0 aliphatic carbocycles. The zero-order valence-corrected chi connectivity index (χ0v) is 11.3. The van der Waals surface area contributed by atoms with E-state index in [1.54, 1.807) is 30.3 Å². The molecule has 1 aliphatic rings. The monoisotopic (exact) mass is 282 g/mol. The Bertz CT molecular complexity index is 725. The van der Waals surface area contributed by atoms with Crippen LogP contribution in [-0.4, -0.2) is 11.9 Å². The molecule has 3 N–H and O–H groups in total. The SMILES string of the molecule is NCc1ccccc1C(=O)Nc1ccc2c(c1)C(=O)OC2. The first-order chi connectivity index (χ1) is 10.2. The Morgan fingerprint density at radius 2 is 2.05 bits per heavy atom. The Labute approximate surface area is 121 Å². The number of nitrogens with two attached hydrogens (primary N) is 1. The largest absolute Gasteiger partial charge is 0.457 e. The molecule has 0 radical (unpaired) electrons. The first kappa shape index (κ1) is 13.3. The minimum absolute atomic E-state index is 0.248. The summed E-state index contributed by atoms with van der Waals surface area (Å²) < 4.78 is 4.94. The Balaban J connectivity index is 1.85. The van der Waals surface area contributed by atoms with E-state index in [1.807, 2.05) is 12.1 Å². The van der Waals surface area contributed by atoms with E-state index in [9.17, 15) is 9.59 Å². The molecule has 2 aromatic rings. The maximum absolute atomic E-state index is 12.3. The summed E-state index contributed by atoms with van der Waals surface area (Å²) in [6.45, 7) is 0.582. The van der Waals surface area contributed by atoms with Gasteiger partial charge < -0.3 is 15.8 Å². The van der Waals surface area contributed by atoms with Crippen LogP contribution in [0.15, 0.2) is 42.5 Å². The number of amides is 1. The normalized spacial score (nSPS) is 12.7. The Morgan fingerprint density at radius 3 is 2.86 bits per heavy atom. The van der Waals surface area contributed by atoms with Crippen molar-refractivity contribution in [3.63, 3.8) is 0 Å². The summed E-state index contributed by atoms with van der Waals surface area (Å²) in [5.74, 6) is -0.606. The molecular weight excluding hydrogens is 268 g/mol. The van der Waals surface area contributed by atoms with Crippen LogP contribution in [0.5, 0.6) is 0 Å². The average Bonchev–Trinajstić information content (AvgIpc) is 2.88. The fraction of sp³-hybridized carbons (Fsp3) is 0.125. The zero-order chi connectivity index (χ0) is 14.8. The highest BCUT2D eigenvalue weighted by molar-refractivity contribution is 6.06. The Hall–Kier alpha value is -2.66. The second kappa shape index (κ2) is 5.38. The standard InChI is InChI=1S/C16H14N2O3/c17-8-10-3-1-2-4-13(10)15(19)18-12-6-5-11-9-21-16(20)14(11)7-12/h1-7H,8-9,17H2,(H,18,19). The predicted molar refractivity (Wildman–Crippen MR) is 77.8 cm³/mol. The number of carbonyl (C=O) groups is 2. The summed E-state index contributed by atoms with van der Waals surface area (Å²) in [7, 11) is 0. The van der Waals surface area contributed by atoms with Crippen LogP contribution in [0.4, 0.5) is 5.69 Å². The first-order valence-corrected chi connectivity index (χ1v) is 6.58. The van der Waals surface area contributed by atoms with Crippen LogP contribution in [-0.2, 0) is 17.9 Å². The van der Waals surface area contributed by atoms with Crippen molar-refractivity contribution in [3.8, 4) is 0 Å². The number of ether oxygens (including phenoxy) is 1. The molecule has 0 atom stereocenters. The molecule has 5 nitrogen and oxygen atoms in total. The van der Waals surface area contributed by atoms with Gasteiger partial charge in [0.1, 0.15) is 6.61 Å². The van der Waals surface area contributed by atoms with Crippen molar-refractivity contribution in [1.82, 2.24) is 0 Å². The van der Waals surface area contributed by atoms with Crippen LogP contribution in [0.25, 0.3) is 0 Å². The van der Waals surface area contributed by atoms with Crippen molar-refractivity contribution >= 4 is 17.6 Å². The van der Waals surface area contributed by atoms with Crippen molar-refractivity contribution in [1.29, 1.82) is 0 Å². The fourth-order valence-corrected chi connectivity index (χ4v) is 2.31. The summed E-state index contributed by atoms with van der Waals surface area (Å²) in [6, 6.07) is 12.3. The second-order valence-electron chi connectivity index (χ2n) is 4.76. The maximum Gasteiger partial charge on any atom is 0.338 e. The molecule has 106 valence electrons. The van der Waals surface area contributed by atoms with Crippen LogP contribution in [0.1, 0.15) is 31.8 Å². The predicted octanol–water partition coefficient (Wildman–Crippen LogP) is 2.07. The highest BCUT2D eigenvalue weighted by Gasteiger charge is 2.21. The van der Waals surface area contributed by atoms with Crippen molar-refractivity contribution < 1.29 is 14.3 Å². The van der Waals surface area contributed by atoms with Gasteiger partial charge in [0.2, 0.25) is 0 Å². The van der Waals surface area contributed by atoms with Gasteiger partial charge in [0.25, 0.3) is 5.91 Å². The van der Waals surface area contributed by atoms with E-state index in [-0.39, 0.29) is 11.9 Å². The van der Waals surface area contributed by atoms with Crippen LogP contribution < -0.4 is 11.1 Å². The molecular formula is C16H14N2O3. The molecule has 0 unspecified atom stereocenters. The molecule has 3 rings (SSSR count). The van der Waals surface area contributed by atoms with Crippen molar-refractivity contribution in [2.45, 2.75) is 13.2 Å². The van der Waals surface area contributed by atoms with Gasteiger partial charge in [0.05, 0.1) is 5.56 Å². The summed E-state index contributed by atoms with van der Waals surface area (Å²) in [4.78, 5) is 23.8. The van der Waals surface area contributed by atoms with Gasteiger partial charge in [-0.25, -0.2) is 4.79 Å². The van der Waals surface area contributed by atoms with E-state index in [0.717, 1.165) is 11.1 Å². The Kier molecular flexibility index (Phi) is 3.41. The third-order valence-corrected chi connectivity index (χ3v) is 3.43. The molecule has 1 aliphatic heterocycles. The van der Waals surface area contributed by atoms with Crippen LogP contribution in [0.2, 0.25) is 0 Å². The van der Waals surface area contributed by atoms with Crippen molar-refractivity contribution in [3.05, 3.63) is 64.7 Å². The third kappa shape index (κ3) is 2.51. The van der Waals surface area contributed by atoms with E-state index < -0.39 is 0 Å². The number of nitrogens with one attached hydrogen (secondary N) is 1.